The van der Waals surface area contributed by atoms with E-state index in [4.69, 9.17) is 9.63 Å². The lowest BCUT2D eigenvalue weighted by Gasteiger charge is -2.00. The highest BCUT2D eigenvalue weighted by Crippen LogP contribution is 2.16. The molecule has 0 aliphatic carbocycles. The van der Waals surface area contributed by atoms with E-state index >= 15 is 0 Å². The number of benzene rings is 1. The monoisotopic (exact) mass is 307 g/mol. The lowest BCUT2D eigenvalue weighted by Crippen LogP contribution is -2.28. The summed E-state index contributed by atoms with van der Waals surface area (Å²) in [7, 11) is 0. The van der Waals surface area contributed by atoms with Crippen LogP contribution in [-0.2, 0) is 16.0 Å². The van der Waals surface area contributed by atoms with Crippen LogP contribution in [0.3, 0.4) is 0 Å². The lowest BCUT2D eigenvalue weighted by atomic mass is 10.2. The topological polar surface area (TPSA) is 105 Å². The van der Waals surface area contributed by atoms with Gasteiger partial charge in [0.25, 0.3) is 0 Å². The van der Waals surface area contributed by atoms with Crippen molar-refractivity contribution in [1.29, 1.82) is 0 Å². The summed E-state index contributed by atoms with van der Waals surface area (Å²) in [4.78, 5) is 25.8. The van der Waals surface area contributed by atoms with Crippen molar-refractivity contribution in [2.24, 2.45) is 0 Å². The number of amides is 1. The SMILES string of the molecule is O=C(O)CNC(=O)CCCc1nc(-c2ccc(F)cc2)no1. The van der Waals surface area contributed by atoms with Crippen LogP contribution >= 0.6 is 0 Å². The van der Waals surface area contributed by atoms with Gasteiger partial charge in [0.1, 0.15) is 12.4 Å². The molecule has 2 aromatic rings. The molecular weight excluding hydrogens is 293 g/mol. The Kier molecular flexibility index (Phi) is 5.18. The third kappa shape index (κ3) is 4.65. The van der Waals surface area contributed by atoms with Gasteiger partial charge in [-0.05, 0) is 30.7 Å². The quantitative estimate of drug-likeness (QED) is 0.801. The van der Waals surface area contributed by atoms with Crippen molar-refractivity contribution in [1.82, 2.24) is 15.5 Å². The molecular formula is C14H14FN3O4. The lowest BCUT2D eigenvalue weighted by molar-refractivity contribution is -0.137. The molecule has 0 atom stereocenters. The van der Waals surface area contributed by atoms with Gasteiger partial charge in [-0.15, -0.1) is 0 Å². The standard InChI is InChI=1S/C14H14FN3O4/c15-10-6-4-9(5-7-10)14-17-12(22-18-14)3-1-2-11(19)16-8-13(20)21/h4-7H,1-3,8H2,(H,16,19)(H,20,21). The van der Waals surface area contributed by atoms with Gasteiger partial charge < -0.3 is 14.9 Å². The van der Waals surface area contributed by atoms with E-state index in [1.165, 1.54) is 12.1 Å². The van der Waals surface area contributed by atoms with Crippen LogP contribution in [0.5, 0.6) is 0 Å². The summed E-state index contributed by atoms with van der Waals surface area (Å²) in [6.07, 6.45) is 1.02. The number of carbonyl (C=O) groups is 2. The summed E-state index contributed by atoms with van der Waals surface area (Å²) in [6.45, 7) is -0.395. The second-order valence-corrected chi connectivity index (χ2v) is 4.54. The third-order valence-corrected chi connectivity index (χ3v) is 2.80. The van der Waals surface area contributed by atoms with Crippen LogP contribution in [0.4, 0.5) is 4.39 Å². The van der Waals surface area contributed by atoms with Crippen LogP contribution in [-0.4, -0.2) is 33.7 Å². The Morgan fingerprint density at radius 3 is 2.68 bits per heavy atom. The molecule has 0 saturated carbocycles. The minimum absolute atomic E-state index is 0.168. The number of hydrogen-bond acceptors (Lipinski definition) is 5. The maximum absolute atomic E-state index is 12.8. The fourth-order valence-electron chi connectivity index (χ4n) is 1.74. The van der Waals surface area contributed by atoms with E-state index < -0.39 is 12.5 Å². The first kappa shape index (κ1) is 15.6. The molecule has 116 valence electrons. The van der Waals surface area contributed by atoms with E-state index in [1.807, 2.05) is 0 Å². The fraction of sp³-hybridized carbons (Fsp3) is 0.286. The summed E-state index contributed by atoms with van der Waals surface area (Å²) in [5, 5.41) is 14.5. The first-order valence-electron chi connectivity index (χ1n) is 6.61. The highest BCUT2D eigenvalue weighted by Gasteiger charge is 2.10. The van der Waals surface area contributed by atoms with Gasteiger partial charge in [0, 0.05) is 18.4 Å². The molecule has 0 aliphatic rings. The Morgan fingerprint density at radius 1 is 1.27 bits per heavy atom. The van der Waals surface area contributed by atoms with E-state index in [-0.39, 0.29) is 18.1 Å². The summed E-state index contributed by atoms with van der Waals surface area (Å²) >= 11 is 0. The van der Waals surface area contributed by atoms with Crippen molar-refractivity contribution in [3.05, 3.63) is 36.0 Å². The molecule has 1 aromatic carbocycles. The van der Waals surface area contributed by atoms with Gasteiger partial charge in [0.15, 0.2) is 0 Å². The predicted octanol–water partition coefficient (Wildman–Crippen LogP) is 1.40. The number of carboxylic acid groups (broad SMARTS) is 1. The van der Waals surface area contributed by atoms with Gasteiger partial charge in [0.2, 0.25) is 17.6 Å². The van der Waals surface area contributed by atoms with Crippen molar-refractivity contribution in [2.45, 2.75) is 19.3 Å². The highest BCUT2D eigenvalue weighted by molar-refractivity contribution is 5.80. The van der Waals surface area contributed by atoms with Gasteiger partial charge in [-0.2, -0.15) is 4.98 Å². The molecule has 0 spiro atoms. The largest absolute Gasteiger partial charge is 0.480 e. The first-order chi connectivity index (χ1) is 10.5. The van der Waals surface area contributed by atoms with E-state index in [1.54, 1.807) is 12.1 Å². The minimum atomic E-state index is -1.09. The molecule has 2 rings (SSSR count). The van der Waals surface area contributed by atoms with E-state index in [2.05, 4.69) is 15.5 Å². The number of rotatable bonds is 7. The number of carbonyl (C=O) groups excluding carboxylic acids is 1. The predicted molar refractivity (Wildman–Crippen MR) is 73.3 cm³/mol. The molecule has 1 heterocycles. The van der Waals surface area contributed by atoms with Crippen molar-refractivity contribution in [3.63, 3.8) is 0 Å². The second kappa shape index (κ2) is 7.30. The fourth-order valence-corrected chi connectivity index (χ4v) is 1.74. The summed E-state index contributed by atoms with van der Waals surface area (Å²) in [6, 6.07) is 5.70. The van der Waals surface area contributed by atoms with Crippen molar-refractivity contribution >= 4 is 11.9 Å². The molecule has 1 aromatic heterocycles. The first-order valence-corrected chi connectivity index (χ1v) is 6.61. The third-order valence-electron chi connectivity index (χ3n) is 2.80. The Bertz CT molecular complexity index is 654. The van der Waals surface area contributed by atoms with Crippen LogP contribution in [0.25, 0.3) is 11.4 Å². The zero-order chi connectivity index (χ0) is 15.9. The molecule has 2 N–H and O–H groups in total. The zero-order valence-corrected chi connectivity index (χ0v) is 11.6. The molecule has 7 nitrogen and oxygen atoms in total. The number of aliphatic carboxylic acids is 1. The Morgan fingerprint density at radius 2 is 2.00 bits per heavy atom. The average Bonchev–Trinajstić information content (AvgIpc) is 2.95. The Balaban J connectivity index is 1.81. The molecule has 0 saturated heterocycles. The molecule has 1 amide bonds. The van der Waals surface area contributed by atoms with Crippen LogP contribution in [0.2, 0.25) is 0 Å². The molecule has 0 aliphatic heterocycles. The molecule has 22 heavy (non-hydrogen) atoms. The number of carboxylic acids is 1. The number of nitrogens with one attached hydrogen (secondary N) is 1. The summed E-state index contributed by atoms with van der Waals surface area (Å²) in [5.74, 6) is -1.06. The summed E-state index contributed by atoms with van der Waals surface area (Å²) in [5.41, 5.74) is 0.635. The van der Waals surface area contributed by atoms with Crippen molar-refractivity contribution in [3.8, 4) is 11.4 Å². The molecule has 0 unspecified atom stereocenters. The Labute approximate surface area is 125 Å². The van der Waals surface area contributed by atoms with Gasteiger partial charge in [-0.3, -0.25) is 9.59 Å². The van der Waals surface area contributed by atoms with E-state index in [0.717, 1.165) is 0 Å². The van der Waals surface area contributed by atoms with Crippen LogP contribution in [0, 0.1) is 5.82 Å². The average molecular weight is 307 g/mol. The number of halogens is 1. The molecule has 0 fully saturated rings. The number of aromatic nitrogens is 2. The van der Waals surface area contributed by atoms with E-state index in [9.17, 15) is 14.0 Å². The zero-order valence-electron chi connectivity index (χ0n) is 11.6. The second-order valence-electron chi connectivity index (χ2n) is 4.54. The van der Waals surface area contributed by atoms with Crippen molar-refractivity contribution in [2.75, 3.05) is 6.54 Å². The molecule has 0 radical (unpaired) electrons. The minimum Gasteiger partial charge on any atom is -0.480 e. The number of nitrogens with zero attached hydrogens (tertiary/aromatic N) is 2. The van der Waals surface area contributed by atoms with Gasteiger partial charge in [-0.1, -0.05) is 5.16 Å². The van der Waals surface area contributed by atoms with Crippen molar-refractivity contribution < 1.29 is 23.6 Å². The van der Waals surface area contributed by atoms with E-state index in [0.29, 0.717) is 30.1 Å². The Hall–Kier alpha value is -2.77. The van der Waals surface area contributed by atoms with Crippen LogP contribution in [0.1, 0.15) is 18.7 Å². The summed E-state index contributed by atoms with van der Waals surface area (Å²) < 4.78 is 17.9. The van der Waals surface area contributed by atoms with Crippen LogP contribution in [0.15, 0.2) is 28.8 Å². The van der Waals surface area contributed by atoms with Gasteiger partial charge in [-0.25, -0.2) is 4.39 Å². The number of aryl methyl sites for hydroxylation is 1. The maximum atomic E-state index is 12.8. The molecule has 0 bridgehead atoms. The van der Waals surface area contributed by atoms with Gasteiger partial charge >= 0.3 is 5.97 Å². The van der Waals surface area contributed by atoms with Gasteiger partial charge in [0.05, 0.1) is 0 Å². The molecule has 8 heteroatoms. The smallest absolute Gasteiger partial charge is 0.322 e. The maximum Gasteiger partial charge on any atom is 0.322 e. The highest BCUT2D eigenvalue weighted by atomic mass is 19.1. The number of hydrogen-bond donors (Lipinski definition) is 2. The normalized spacial score (nSPS) is 10.4. The van der Waals surface area contributed by atoms with Crippen LogP contribution < -0.4 is 5.32 Å².